The molecule has 1 N–H and O–H groups in total. The van der Waals surface area contributed by atoms with Crippen molar-refractivity contribution < 1.29 is 9.90 Å². The zero-order chi connectivity index (χ0) is 6.85. The van der Waals surface area contributed by atoms with E-state index in [-0.39, 0.29) is 24.2 Å². The van der Waals surface area contributed by atoms with Gasteiger partial charge >= 0.3 is 0 Å². The number of aliphatic hydroxyl groups is 1. The van der Waals surface area contributed by atoms with Crippen molar-refractivity contribution in [3.63, 3.8) is 0 Å². The second-order valence-corrected chi connectivity index (χ2v) is 2.40. The highest BCUT2D eigenvalue weighted by Crippen LogP contribution is 2.20. The smallest absolute Gasteiger partial charge is 0.158 e. The van der Waals surface area contributed by atoms with Gasteiger partial charge in [0.1, 0.15) is 0 Å². The molecule has 2 atom stereocenters. The second-order valence-electron chi connectivity index (χ2n) is 2.40. The van der Waals surface area contributed by atoms with E-state index in [1.165, 1.54) is 0 Å². The van der Waals surface area contributed by atoms with Gasteiger partial charge in [-0.25, -0.2) is 0 Å². The zero-order valence-corrected chi connectivity index (χ0v) is 5.37. The van der Waals surface area contributed by atoms with Gasteiger partial charge in [-0.05, 0) is 6.08 Å². The summed E-state index contributed by atoms with van der Waals surface area (Å²) in [6.07, 6.45) is 3.32. The molecule has 0 radical (unpaired) electrons. The third-order valence-electron chi connectivity index (χ3n) is 1.81. The van der Waals surface area contributed by atoms with Gasteiger partial charge in [0.05, 0.1) is 6.61 Å². The van der Waals surface area contributed by atoms with Crippen LogP contribution in [0.1, 0.15) is 6.92 Å². The highest BCUT2D eigenvalue weighted by Gasteiger charge is 2.24. The highest BCUT2D eigenvalue weighted by atomic mass is 16.3. The molecular weight excluding hydrogens is 116 g/mol. The van der Waals surface area contributed by atoms with Crippen LogP contribution in [0.5, 0.6) is 0 Å². The standard InChI is InChI=1S/C7H10O2/c1-5-6(4-8)2-3-7(5)9/h2-3,5-6,8H,4H2,1H3/t5-,6+/m1/s1. The van der Waals surface area contributed by atoms with Crippen molar-refractivity contribution in [1.82, 2.24) is 0 Å². The fourth-order valence-electron chi connectivity index (χ4n) is 0.967. The molecule has 50 valence electrons. The Balaban J connectivity index is 2.62. The van der Waals surface area contributed by atoms with Crippen molar-refractivity contribution in [2.75, 3.05) is 6.61 Å². The normalized spacial score (nSPS) is 33.8. The minimum Gasteiger partial charge on any atom is -0.396 e. The molecule has 0 heterocycles. The molecule has 2 nitrogen and oxygen atoms in total. The van der Waals surface area contributed by atoms with Crippen molar-refractivity contribution in [3.05, 3.63) is 12.2 Å². The fourth-order valence-corrected chi connectivity index (χ4v) is 0.967. The first-order chi connectivity index (χ1) is 4.25. The Morgan fingerprint density at radius 3 is 2.67 bits per heavy atom. The summed E-state index contributed by atoms with van der Waals surface area (Å²) in [6, 6.07) is 0. The average Bonchev–Trinajstić information content (AvgIpc) is 2.15. The predicted molar refractivity (Wildman–Crippen MR) is 33.9 cm³/mol. The van der Waals surface area contributed by atoms with Crippen molar-refractivity contribution in [2.45, 2.75) is 6.92 Å². The Morgan fingerprint density at radius 1 is 1.78 bits per heavy atom. The minimum absolute atomic E-state index is 0.00463. The van der Waals surface area contributed by atoms with Crippen LogP contribution in [0.25, 0.3) is 0 Å². The fraction of sp³-hybridized carbons (Fsp3) is 0.571. The first-order valence-electron chi connectivity index (χ1n) is 3.08. The Hall–Kier alpha value is -0.630. The summed E-state index contributed by atoms with van der Waals surface area (Å²) in [5, 5.41) is 8.65. The lowest BCUT2D eigenvalue weighted by molar-refractivity contribution is -0.118. The van der Waals surface area contributed by atoms with Crippen molar-refractivity contribution >= 4 is 5.78 Å². The lowest BCUT2D eigenvalue weighted by Gasteiger charge is -2.07. The molecule has 9 heavy (non-hydrogen) atoms. The Kier molecular flexibility index (Phi) is 1.67. The molecule has 0 aliphatic heterocycles. The van der Waals surface area contributed by atoms with Crippen LogP contribution in [0, 0.1) is 11.8 Å². The number of aliphatic hydroxyl groups excluding tert-OH is 1. The molecule has 1 aliphatic rings. The van der Waals surface area contributed by atoms with E-state index in [0.29, 0.717) is 0 Å². The number of carbonyl (C=O) groups excluding carboxylic acids is 1. The summed E-state index contributed by atoms with van der Waals surface area (Å²) >= 11 is 0. The van der Waals surface area contributed by atoms with Crippen LogP contribution < -0.4 is 0 Å². The first-order valence-corrected chi connectivity index (χ1v) is 3.08. The van der Waals surface area contributed by atoms with E-state index in [1.807, 2.05) is 6.92 Å². The van der Waals surface area contributed by atoms with Gasteiger partial charge < -0.3 is 5.11 Å². The van der Waals surface area contributed by atoms with E-state index in [9.17, 15) is 4.79 Å². The van der Waals surface area contributed by atoms with Crippen molar-refractivity contribution in [1.29, 1.82) is 0 Å². The molecule has 1 rings (SSSR count). The lowest BCUT2D eigenvalue weighted by atomic mass is 9.98. The summed E-state index contributed by atoms with van der Waals surface area (Å²) in [5.41, 5.74) is 0. The number of rotatable bonds is 1. The van der Waals surface area contributed by atoms with Gasteiger partial charge in [-0.2, -0.15) is 0 Å². The Labute approximate surface area is 54.2 Å². The van der Waals surface area contributed by atoms with E-state index in [4.69, 9.17) is 5.11 Å². The largest absolute Gasteiger partial charge is 0.396 e. The number of ketones is 1. The Bertz CT molecular complexity index is 149. The topological polar surface area (TPSA) is 37.3 Å². The molecule has 2 heteroatoms. The van der Waals surface area contributed by atoms with Gasteiger partial charge in [-0.3, -0.25) is 4.79 Å². The van der Waals surface area contributed by atoms with Crippen LogP contribution >= 0.6 is 0 Å². The molecule has 0 aromatic carbocycles. The van der Waals surface area contributed by atoms with Gasteiger partial charge in [0.25, 0.3) is 0 Å². The van der Waals surface area contributed by atoms with Crippen molar-refractivity contribution in [3.8, 4) is 0 Å². The maximum Gasteiger partial charge on any atom is 0.158 e. The van der Waals surface area contributed by atoms with E-state index in [1.54, 1.807) is 12.2 Å². The Morgan fingerprint density at radius 2 is 2.44 bits per heavy atom. The van der Waals surface area contributed by atoms with E-state index >= 15 is 0 Å². The number of hydrogen-bond donors (Lipinski definition) is 1. The average molecular weight is 126 g/mol. The number of allylic oxidation sites excluding steroid dienone is 1. The quantitative estimate of drug-likeness (QED) is 0.551. The number of carbonyl (C=O) groups is 1. The molecule has 0 saturated carbocycles. The minimum atomic E-state index is -0.00463. The molecule has 0 aromatic rings. The molecule has 0 aromatic heterocycles. The summed E-state index contributed by atoms with van der Waals surface area (Å²) in [4.78, 5) is 10.7. The predicted octanol–water partition coefficient (Wildman–Crippen LogP) is 0.370. The molecule has 0 unspecified atom stereocenters. The monoisotopic (exact) mass is 126 g/mol. The summed E-state index contributed by atoms with van der Waals surface area (Å²) in [7, 11) is 0. The SMILES string of the molecule is C[C@H]1C(=O)C=C[C@H]1CO. The van der Waals surface area contributed by atoms with Crippen LogP contribution in [0.3, 0.4) is 0 Å². The van der Waals surface area contributed by atoms with Crippen LogP contribution in [-0.4, -0.2) is 17.5 Å². The van der Waals surface area contributed by atoms with Gasteiger partial charge in [0.2, 0.25) is 0 Å². The first kappa shape index (κ1) is 6.49. The van der Waals surface area contributed by atoms with Crippen LogP contribution in [0.4, 0.5) is 0 Å². The second kappa shape index (κ2) is 2.31. The zero-order valence-electron chi connectivity index (χ0n) is 5.37. The highest BCUT2D eigenvalue weighted by molar-refractivity contribution is 5.94. The summed E-state index contributed by atoms with van der Waals surface area (Å²) in [6.45, 7) is 1.92. The summed E-state index contributed by atoms with van der Waals surface area (Å²) in [5.74, 6) is 0.196. The molecule has 0 spiro atoms. The molecule has 0 saturated heterocycles. The molecule has 0 fully saturated rings. The van der Waals surface area contributed by atoms with Gasteiger partial charge in [-0.15, -0.1) is 0 Å². The van der Waals surface area contributed by atoms with Gasteiger partial charge in [0, 0.05) is 11.8 Å². The molecule has 1 aliphatic carbocycles. The van der Waals surface area contributed by atoms with E-state index in [2.05, 4.69) is 0 Å². The van der Waals surface area contributed by atoms with E-state index in [0.717, 1.165) is 0 Å². The van der Waals surface area contributed by atoms with Crippen LogP contribution in [0.15, 0.2) is 12.2 Å². The van der Waals surface area contributed by atoms with Crippen molar-refractivity contribution in [2.24, 2.45) is 11.8 Å². The van der Waals surface area contributed by atoms with Gasteiger partial charge in [-0.1, -0.05) is 13.0 Å². The van der Waals surface area contributed by atoms with E-state index < -0.39 is 0 Å². The number of hydrogen-bond acceptors (Lipinski definition) is 2. The third kappa shape index (κ3) is 1.03. The summed E-state index contributed by atoms with van der Waals surface area (Å²) < 4.78 is 0. The lowest BCUT2D eigenvalue weighted by Crippen LogP contribution is -2.14. The molecular formula is C7H10O2. The maximum atomic E-state index is 10.7. The van der Waals surface area contributed by atoms with Gasteiger partial charge in [0.15, 0.2) is 5.78 Å². The molecule has 0 bridgehead atoms. The van der Waals surface area contributed by atoms with Crippen LogP contribution in [0.2, 0.25) is 0 Å². The maximum absolute atomic E-state index is 10.7. The third-order valence-corrected chi connectivity index (χ3v) is 1.81. The van der Waals surface area contributed by atoms with Crippen LogP contribution in [-0.2, 0) is 4.79 Å². The molecule has 0 amide bonds.